The van der Waals surface area contributed by atoms with E-state index in [1.165, 1.54) is 29.6 Å². The predicted octanol–water partition coefficient (Wildman–Crippen LogP) is 1.14. The van der Waals surface area contributed by atoms with E-state index in [4.69, 9.17) is 5.73 Å². The van der Waals surface area contributed by atoms with Crippen molar-refractivity contribution in [3.05, 3.63) is 29.3 Å². The van der Waals surface area contributed by atoms with Crippen LogP contribution in [0.2, 0.25) is 0 Å². The number of methoxy groups -OCH3 is 1. The summed E-state index contributed by atoms with van der Waals surface area (Å²) in [7, 11) is -2.27. The van der Waals surface area contributed by atoms with Crippen molar-refractivity contribution in [2.45, 2.75) is 25.2 Å². The van der Waals surface area contributed by atoms with Gasteiger partial charge in [-0.05, 0) is 49.1 Å². The van der Waals surface area contributed by atoms with Crippen LogP contribution in [0.15, 0.2) is 23.1 Å². The van der Waals surface area contributed by atoms with Gasteiger partial charge in [-0.1, -0.05) is 6.92 Å². The minimum Gasteiger partial charge on any atom is -0.465 e. The monoisotopic (exact) mass is 326 g/mol. The molecule has 1 fully saturated rings. The van der Waals surface area contributed by atoms with E-state index >= 15 is 0 Å². The maximum Gasteiger partial charge on any atom is 0.338 e. The third-order valence-electron chi connectivity index (χ3n) is 4.26. The largest absolute Gasteiger partial charge is 0.465 e. The summed E-state index contributed by atoms with van der Waals surface area (Å²) in [5.41, 5.74) is 6.51. The van der Waals surface area contributed by atoms with Gasteiger partial charge < -0.3 is 10.5 Å². The molecular formula is C15H22N2O4S. The minimum atomic E-state index is -3.57. The highest BCUT2D eigenvalue weighted by molar-refractivity contribution is 7.89. The quantitative estimate of drug-likeness (QED) is 0.838. The molecule has 0 saturated carbocycles. The smallest absolute Gasteiger partial charge is 0.338 e. The highest BCUT2D eigenvalue weighted by Crippen LogP contribution is 2.32. The van der Waals surface area contributed by atoms with Crippen molar-refractivity contribution >= 4 is 16.0 Å². The fourth-order valence-electron chi connectivity index (χ4n) is 2.63. The number of carbonyl (C=O) groups is 1. The van der Waals surface area contributed by atoms with Gasteiger partial charge >= 0.3 is 5.97 Å². The fraction of sp³-hybridized carbons (Fsp3) is 0.533. The lowest BCUT2D eigenvalue weighted by Gasteiger charge is -2.22. The minimum absolute atomic E-state index is 0.173. The van der Waals surface area contributed by atoms with E-state index in [9.17, 15) is 13.2 Å². The number of rotatable bonds is 4. The molecule has 122 valence electrons. The number of hydrogen-bond donors (Lipinski definition) is 1. The molecule has 2 rings (SSSR count). The zero-order chi connectivity index (χ0) is 16.5. The van der Waals surface area contributed by atoms with Crippen molar-refractivity contribution in [2.75, 3.05) is 26.7 Å². The van der Waals surface area contributed by atoms with Crippen LogP contribution in [-0.2, 0) is 14.8 Å². The van der Waals surface area contributed by atoms with Gasteiger partial charge in [-0.15, -0.1) is 0 Å². The first kappa shape index (κ1) is 16.9. The Hall–Kier alpha value is -1.44. The third-order valence-corrected chi connectivity index (χ3v) is 6.10. The maximum absolute atomic E-state index is 12.7. The molecule has 0 aromatic heterocycles. The van der Waals surface area contributed by atoms with Crippen molar-refractivity contribution in [1.82, 2.24) is 4.31 Å². The van der Waals surface area contributed by atoms with Gasteiger partial charge in [-0.25, -0.2) is 13.2 Å². The van der Waals surface area contributed by atoms with Crippen LogP contribution in [0, 0.1) is 12.3 Å². The number of hydrogen-bond acceptors (Lipinski definition) is 5. The van der Waals surface area contributed by atoms with Gasteiger partial charge in [0.2, 0.25) is 10.0 Å². The number of benzene rings is 1. The molecule has 0 bridgehead atoms. The van der Waals surface area contributed by atoms with Crippen LogP contribution in [-0.4, -0.2) is 45.4 Å². The molecule has 0 spiro atoms. The zero-order valence-electron chi connectivity index (χ0n) is 13.1. The molecule has 1 heterocycles. The number of sulfonamides is 1. The van der Waals surface area contributed by atoms with E-state index in [1.54, 1.807) is 6.92 Å². The SMILES string of the molecule is COC(=O)c1ccc(S(=O)(=O)N2CCC(C)(CN)C2)cc1C. The molecule has 1 atom stereocenters. The molecule has 7 heteroatoms. The molecule has 1 aromatic rings. The van der Waals surface area contributed by atoms with Gasteiger partial charge in [0.1, 0.15) is 0 Å². The van der Waals surface area contributed by atoms with Crippen LogP contribution >= 0.6 is 0 Å². The van der Waals surface area contributed by atoms with Gasteiger partial charge in [0.15, 0.2) is 0 Å². The van der Waals surface area contributed by atoms with Crippen LogP contribution in [0.4, 0.5) is 0 Å². The predicted molar refractivity (Wildman–Crippen MR) is 83.1 cm³/mol. The topological polar surface area (TPSA) is 89.7 Å². The van der Waals surface area contributed by atoms with E-state index in [2.05, 4.69) is 4.74 Å². The van der Waals surface area contributed by atoms with Crippen molar-refractivity contribution in [3.8, 4) is 0 Å². The average Bonchev–Trinajstić information content (AvgIpc) is 2.90. The lowest BCUT2D eigenvalue weighted by molar-refractivity contribution is 0.0600. The van der Waals surface area contributed by atoms with Crippen molar-refractivity contribution in [3.63, 3.8) is 0 Å². The molecule has 1 saturated heterocycles. The van der Waals surface area contributed by atoms with Gasteiger partial charge in [0.05, 0.1) is 17.6 Å². The number of esters is 1. The van der Waals surface area contributed by atoms with Crippen LogP contribution in [0.25, 0.3) is 0 Å². The Labute approximate surface area is 131 Å². The van der Waals surface area contributed by atoms with E-state index in [0.29, 0.717) is 30.8 Å². The summed E-state index contributed by atoms with van der Waals surface area (Å²) in [5, 5.41) is 0. The molecule has 1 aromatic carbocycles. The molecule has 0 radical (unpaired) electrons. The normalized spacial score (nSPS) is 22.7. The standard InChI is InChI=1S/C15H22N2O4S/c1-11-8-12(4-5-13(11)14(18)21-3)22(19,20)17-7-6-15(2,9-16)10-17/h4-5,8H,6-7,9-10,16H2,1-3H3. The summed E-state index contributed by atoms with van der Waals surface area (Å²) in [6.07, 6.45) is 0.752. The van der Waals surface area contributed by atoms with Crippen LogP contribution in [0.1, 0.15) is 29.3 Å². The summed E-state index contributed by atoms with van der Waals surface area (Å²) >= 11 is 0. The molecular weight excluding hydrogens is 304 g/mol. The molecule has 0 amide bonds. The van der Waals surface area contributed by atoms with Gasteiger partial charge in [-0.2, -0.15) is 4.31 Å². The molecule has 6 nitrogen and oxygen atoms in total. The third kappa shape index (κ3) is 3.02. The Morgan fingerprint density at radius 2 is 2.14 bits per heavy atom. The fourth-order valence-corrected chi connectivity index (χ4v) is 4.31. The first-order valence-corrected chi connectivity index (χ1v) is 8.57. The van der Waals surface area contributed by atoms with Crippen molar-refractivity contribution in [1.29, 1.82) is 0 Å². The lowest BCUT2D eigenvalue weighted by atomic mass is 9.90. The number of nitrogens with zero attached hydrogens (tertiary/aromatic N) is 1. The van der Waals surface area contributed by atoms with Crippen molar-refractivity contribution in [2.24, 2.45) is 11.1 Å². The number of carbonyl (C=O) groups excluding carboxylic acids is 1. The second kappa shape index (κ2) is 5.98. The molecule has 0 aliphatic carbocycles. The van der Waals surface area contributed by atoms with Crippen molar-refractivity contribution < 1.29 is 17.9 Å². The summed E-state index contributed by atoms with van der Waals surface area (Å²) in [6.45, 7) is 5.03. The average molecular weight is 326 g/mol. The van der Waals surface area contributed by atoms with Gasteiger partial charge in [0.25, 0.3) is 0 Å². The first-order valence-electron chi connectivity index (χ1n) is 7.13. The Morgan fingerprint density at radius 3 is 2.64 bits per heavy atom. The Bertz CT molecular complexity index is 687. The Morgan fingerprint density at radius 1 is 1.45 bits per heavy atom. The van der Waals surface area contributed by atoms with Crippen LogP contribution < -0.4 is 5.73 Å². The van der Waals surface area contributed by atoms with E-state index < -0.39 is 16.0 Å². The Balaban J connectivity index is 2.31. The molecule has 1 aliphatic heterocycles. The highest BCUT2D eigenvalue weighted by atomic mass is 32.2. The number of ether oxygens (including phenoxy) is 1. The van der Waals surface area contributed by atoms with Crippen LogP contribution in [0.3, 0.4) is 0 Å². The Kier molecular flexibility index (Phi) is 4.60. The van der Waals surface area contributed by atoms with Gasteiger partial charge in [-0.3, -0.25) is 0 Å². The molecule has 1 aliphatic rings. The second-order valence-corrected chi connectivity index (χ2v) is 8.01. The maximum atomic E-state index is 12.7. The molecule has 1 unspecified atom stereocenters. The summed E-state index contributed by atoms with van der Waals surface area (Å²) in [5.74, 6) is -0.474. The zero-order valence-corrected chi connectivity index (χ0v) is 13.9. The van der Waals surface area contributed by atoms with E-state index in [1.807, 2.05) is 6.92 Å². The van der Waals surface area contributed by atoms with E-state index in [0.717, 1.165) is 6.42 Å². The first-order chi connectivity index (χ1) is 10.2. The summed E-state index contributed by atoms with van der Waals surface area (Å²) < 4.78 is 31.6. The lowest BCUT2D eigenvalue weighted by Crippen LogP contribution is -2.34. The highest BCUT2D eigenvalue weighted by Gasteiger charge is 2.39. The summed E-state index contributed by atoms with van der Waals surface area (Å²) in [4.78, 5) is 11.8. The van der Waals surface area contributed by atoms with Gasteiger partial charge in [0, 0.05) is 13.1 Å². The number of aryl methyl sites for hydroxylation is 1. The van der Waals surface area contributed by atoms with E-state index in [-0.39, 0.29) is 10.3 Å². The summed E-state index contributed by atoms with van der Waals surface area (Å²) in [6, 6.07) is 4.46. The molecule has 2 N–H and O–H groups in total. The number of nitrogens with two attached hydrogens (primary N) is 1. The van der Waals surface area contributed by atoms with Crippen LogP contribution in [0.5, 0.6) is 0 Å². The second-order valence-electron chi connectivity index (χ2n) is 6.07. The molecule has 22 heavy (non-hydrogen) atoms.